The number of aliphatic hydroxyl groups is 1. The Bertz CT molecular complexity index is 727. The molecule has 1 saturated heterocycles. The molecular weight excluding hydrogens is 338 g/mol. The first kappa shape index (κ1) is 19.5. The molecule has 1 aliphatic heterocycles. The Morgan fingerprint density at radius 1 is 1.00 bits per heavy atom. The maximum atomic E-state index is 12.4. The lowest BCUT2D eigenvalue weighted by Crippen LogP contribution is -2.49. The first-order chi connectivity index (χ1) is 13.2. The highest BCUT2D eigenvalue weighted by Crippen LogP contribution is 2.16. The van der Waals surface area contributed by atoms with Gasteiger partial charge in [0, 0.05) is 38.4 Å². The Morgan fingerprint density at radius 2 is 1.63 bits per heavy atom. The van der Waals surface area contributed by atoms with Crippen molar-refractivity contribution in [1.29, 1.82) is 0 Å². The fraction of sp³-hybridized carbons (Fsp3) is 0.409. The minimum absolute atomic E-state index is 0.0358. The van der Waals surface area contributed by atoms with Gasteiger partial charge in [0.1, 0.15) is 0 Å². The van der Waals surface area contributed by atoms with Crippen LogP contribution >= 0.6 is 0 Å². The number of piperazine rings is 1. The molecule has 0 unspecified atom stereocenters. The molecule has 1 heterocycles. The molecule has 144 valence electrons. The Hall–Kier alpha value is -2.21. The molecule has 3 rings (SSSR count). The van der Waals surface area contributed by atoms with Crippen LogP contribution in [0.15, 0.2) is 54.6 Å². The monoisotopic (exact) mass is 367 g/mol. The average molecular weight is 367 g/mol. The molecule has 1 atom stereocenters. The summed E-state index contributed by atoms with van der Waals surface area (Å²) in [5.74, 6) is 0.0358. The van der Waals surface area contributed by atoms with Crippen LogP contribution in [0.1, 0.15) is 24.2 Å². The standard InChI is InChI=1S/C22H29N3O2/c1-2-18-8-6-7-11-20(18)23-22(27)17-25-14-12-24(13-15-25)16-21(26)19-9-4-3-5-10-19/h3-11,21,26H,2,12-17H2,1H3,(H,23,27)/t21-/m0/s1. The molecule has 2 N–H and O–H groups in total. The number of amides is 1. The van der Waals surface area contributed by atoms with Gasteiger partial charge >= 0.3 is 0 Å². The second-order valence-corrected chi connectivity index (χ2v) is 7.06. The van der Waals surface area contributed by atoms with E-state index in [-0.39, 0.29) is 5.91 Å². The first-order valence-corrected chi connectivity index (χ1v) is 9.71. The SMILES string of the molecule is CCc1ccccc1NC(=O)CN1CCN(C[C@H](O)c2ccccc2)CC1. The molecule has 2 aromatic rings. The van der Waals surface area contributed by atoms with Gasteiger partial charge in [-0.15, -0.1) is 0 Å². The lowest BCUT2D eigenvalue weighted by molar-refractivity contribution is -0.117. The van der Waals surface area contributed by atoms with Gasteiger partial charge in [-0.3, -0.25) is 14.6 Å². The molecular formula is C22H29N3O2. The normalized spacial score (nSPS) is 16.8. The number of carbonyl (C=O) groups excluding carboxylic acids is 1. The van der Waals surface area contributed by atoms with Crippen LogP contribution in [-0.2, 0) is 11.2 Å². The largest absolute Gasteiger partial charge is 0.387 e. The number of β-amino-alcohol motifs (C(OH)–C–C–N with tert-alkyl or cyclic N) is 1. The summed E-state index contributed by atoms with van der Waals surface area (Å²) in [5, 5.41) is 13.4. The van der Waals surface area contributed by atoms with Crippen LogP contribution in [-0.4, -0.2) is 60.1 Å². The molecule has 0 bridgehead atoms. The fourth-order valence-corrected chi connectivity index (χ4v) is 3.50. The molecule has 5 nitrogen and oxygen atoms in total. The van der Waals surface area contributed by atoms with E-state index in [0.717, 1.165) is 49.4 Å². The van der Waals surface area contributed by atoms with Gasteiger partial charge in [-0.25, -0.2) is 0 Å². The summed E-state index contributed by atoms with van der Waals surface area (Å²) in [7, 11) is 0. The van der Waals surface area contributed by atoms with Crippen LogP contribution in [0.4, 0.5) is 5.69 Å². The highest BCUT2D eigenvalue weighted by molar-refractivity contribution is 5.93. The van der Waals surface area contributed by atoms with Crippen molar-refractivity contribution in [3.63, 3.8) is 0 Å². The zero-order valence-corrected chi connectivity index (χ0v) is 16.0. The maximum absolute atomic E-state index is 12.4. The van der Waals surface area contributed by atoms with E-state index in [9.17, 15) is 9.90 Å². The molecule has 0 aliphatic carbocycles. The Labute approximate surface area is 161 Å². The van der Waals surface area contributed by atoms with Gasteiger partial charge in [0.2, 0.25) is 5.91 Å². The van der Waals surface area contributed by atoms with E-state index in [1.54, 1.807) is 0 Å². The highest BCUT2D eigenvalue weighted by atomic mass is 16.3. The van der Waals surface area contributed by atoms with Crippen molar-refractivity contribution in [2.75, 3.05) is 44.6 Å². The number of hydrogen-bond donors (Lipinski definition) is 2. The number of para-hydroxylation sites is 1. The third kappa shape index (κ3) is 5.63. The summed E-state index contributed by atoms with van der Waals surface area (Å²) in [5.41, 5.74) is 3.02. The van der Waals surface area contributed by atoms with Crippen LogP contribution in [0.3, 0.4) is 0 Å². The average Bonchev–Trinajstić information content (AvgIpc) is 2.70. The quantitative estimate of drug-likeness (QED) is 0.790. The number of carbonyl (C=O) groups is 1. The van der Waals surface area contributed by atoms with Crippen LogP contribution in [0.25, 0.3) is 0 Å². The number of hydrogen-bond acceptors (Lipinski definition) is 4. The van der Waals surface area contributed by atoms with Crippen molar-refractivity contribution in [3.8, 4) is 0 Å². The molecule has 1 amide bonds. The molecule has 1 aliphatic rings. The van der Waals surface area contributed by atoms with Gasteiger partial charge < -0.3 is 10.4 Å². The third-order valence-electron chi connectivity index (χ3n) is 5.12. The fourth-order valence-electron chi connectivity index (χ4n) is 3.50. The third-order valence-corrected chi connectivity index (χ3v) is 5.12. The first-order valence-electron chi connectivity index (χ1n) is 9.71. The van der Waals surface area contributed by atoms with E-state index in [1.807, 2.05) is 54.6 Å². The number of benzene rings is 2. The van der Waals surface area contributed by atoms with Crippen molar-refractivity contribution in [3.05, 3.63) is 65.7 Å². The Morgan fingerprint density at radius 3 is 2.33 bits per heavy atom. The predicted molar refractivity (Wildman–Crippen MR) is 109 cm³/mol. The summed E-state index contributed by atoms with van der Waals surface area (Å²) >= 11 is 0. The zero-order valence-electron chi connectivity index (χ0n) is 16.0. The lowest BCUT2D eigenvalue weighted by atomic mass is 10.1. The van der Waals surface area contributed by atoms with Crippen molar-refractivity contribution < 1.29 is 9.90 Å². The van der Waals surface area contributed by atoms with Crippen molar-refractivity contribution in [2.45, 2.75) is 19.4 Å². The number of anilines is 1. The van der Waals surface area contributed by atoms with Gasteiger partial charge in [0.25, 0.3) is 0 Å². The summed E-state index contributed by atoms with van der Waals surface area (Å²) in [6, 6.07) is 17.7. The van der Waals surface area contributed by atoms with E-state index in [1.165, 1.54) is 0 Å². The van der Waals surface area contributed by atoms with Gasteiger partial charge in [-0.05, 0) is 23.6 Å². The number of rotatable bonds is 7. The van der Waals surface area contributed by atoms with Crippen LogP contribution in [0.2, 0.25) is 0 Å². The molecule has 0 radical (unpaired) electrons. The second kappa shape index (κ2) is 9.65. The van der Waals surface area contributed by atoms with Crippen molar-refractivity contribution >= 4 is 11.6 Å². The summed E-state index contributed by atoms with van der Waals surface area (Å²) in [6.45, 7) is 6.54. The van der Waals surface area contributed by atoms with E-state index in [0.29, 0.717) is 13.1 Å². The molecule has 27 heavy (non-hydrogen) atoms. The van der Waals surface area contributed by atoms with Gasteiger partial charge in [0.05, 0.1) is 12.6 Å². The van der Waals surface area contributed by atoms with E-state index in [2.05, 4.69) is 22.0 Å². The second-order valence-electron chi connectivity index (χ2n) is 7.06. The highest BCUT2D eigenvalue weighted by Gasteiger charge is 2.21. The zero-order chi connectivity index (χ0) is 19.1. The molecule has 0 saturated carbocycles. The minimum Gasteiger partial charge on any atom is -0.387 e. The van der Waals surface area contributed by atoms with E-state index >= 15 is 0 Å². The Balaban J connectivity index is 1.43. The molecule has 2 aromatic carbocycles. The molecule has 0 spiro atoms. The predicted octanol–water partition coefficient (Wildman–Crippen LogP) is 2.54. The molecule has 0 aromatic heterocycles. The summed E-state index contributed by atoms with van der Waals surface area (Å²) < 4.78 is 0. The smallest absolute Gasteiger partial charge is 0.238 e. The summed E-state index contributed by atoms with van der Waals surface area (Å²) in [4.78, 5) is 16.8. The minimum atomic E-state index is -0.466. The van der Waals surface area contributed by atoms with Gasteiger partial charge in [-0.2, -0.15) is 0 Å². The van der Waals surface area contributed by atoms with Crippen LogP contribution in [0.5, 0.6) is 0 Å². The van der Waals surface area contributed by atoms with E-state index < -0.39 is 6.10 Å². The Kier molecular flexibility index (Phi) is 6.98. The maximum Gasteiger partial charge on any atom is 0.238 e. The van der Waals surface area contributed by atoms with Gasteiger partial charge in [-0.1, -0.05) is 55.5 Å². The number of nitrogens with one attached hydrogen (secondary N) is 1. The van der Waals surface area contributed by atoms with Crippen molar-refractivity contribution in [2.24, 2.45) is 0 Å². The lowest BCUT2D eigenvalue weighted by Gasteiger charge is -2.35. The molecule has 5 heteroatoms. The van der Waals surface area contributed by atoms with Crippen LogP contribution in [0, 0.1) is 0 Å². The summed E-state index contributed by atoms with van der Waals surface area (Å²) in [6.07, 6.45) is 0.436. The number of nitrogens with zero attached hydrogens (tertiary/aromatic N) is 2. The van der Waals surface area contributed by atoms with E-state index in [4.69, 9.17) is 0 Å². The number of aryl methyl sites for hydroxylation is 1. The van der Waals surface area contributed by atoms with Crippen molar-refractivity contribution in [1.82, 2.24) is 9.80 Å². The molecule has 1 fully saturated rings. The number of aliphatic hydroxyl groups excluding tert-OH is 1. The topological polar surface area (TPSA) is 55.8 Å². The van der Waals surface area contributed by atoms with Gasteiger partial charge in [0.15, 0.2) is 0 Å². The van der Waals surface area contributed by atoms with Crippen LogP contribution < -0.4 is 5.32 Å².